The minimum atomic E-state index is -0.271. The van der Waals surface area contributed by atoms with E-state index in [1.807, 2.05) is 43.4 Å². The first kappa shape index (κ1) is 18.0. The van der Waals surface area contributed by atoms with Crippen LogP contribution in [0.2, 0.25) is 0 Å². The molecule has 0 bridgehead atoms. The van der Waals surface area contributed by atoms with E-state index in [1.54, 1.807) is 4.68 Å². The van der Waals surface area contributed by atoms with Crippen LogP contribution in [0, 0.1) is 0 Å². The minimum absolute atomic E-state index is 0.106. The average Bonchev–Trinajstić information content (AvgIpc) is 2.92. The average molecular weight is 330 g/mol. The van der Waals surface area contributed by atoms with Crippen LogP contribution in [0.1, 0.15) is 43.5 Å². The van der Waals surface area contributed by atoms with Crippen LogP contribution >= 0.6 is 0 Å². The van der Waals surface area contributed by atoms with Crippen LogP contribution < -0.4 is 10.6 Å². The molecule has 3 N–H and O–H groups in total. The lowest BCUT2D eigenvalue weighted by Gasteiger charge is -2.19. The lowest BCUT2D eigenvalue weighted by Crippen LogP contribution is -2.33. The zero-order chi connectivity index (χ0) is 17.4. The predicted octanol–water partition coefficient (Wildman–Crippen LogP) is 3.01. The summed E-state index contributed by atoms with van der Waals surface area (Å²) in [6, 6.07) is 11.3. The molecule has 0 fully saturated rings. The normalized spacial score (nSPS) is 12.0. The van der Waals surface area contributed by atoms with Crippen molar-refractivity contribution in [1.82, 2.24) is 15.1 Å². The molecule has 1 heterocycles. The molecule has 6 heteroatoms. The Bertz CT molecular complexity index is 640. The zero-order valence-corrected chi connectivity index (χ0v) is 14.3. The topological polar surface area (TPSA) is 79.2 Å². The number of benzene rings is 1. The van der Waals surface area contributed by atoms with Crippen LogP contribution in [0.3, 0.4) is 0 Å². The third-order valence-corrected chi connectivity index (χ3v) is 3.84. The van der Waals surface area contributed by atoms with E-state index in [4.69, 9.17) is 5.11 Å². The molecule has 1 aromatic carbocycles. The Morgan fingerprint density at radius 1 is 1.33 bits per heavy atom. The summed E-state index contributed by atoms with van der Waals surface area (Å²) in [6.45, 7) is 2.20. The Morgan fingerprint density at radius 3 is 2.75 bits per heavy atom. The SMILES string of the molecule is CCCc1cc(NC(=O)NC(CCCO)c2ccccc2)n(C)n1. The summed E-state index contributed by atoms with van der Waals surface area (Å²) in [5.41, 5.74) is 1.99. The largest absolute Gasteiger partial charge is 0.396 e. The highest BCUT2D eigenvalue weighted by Gasteiger charge is 2.15. The van der Waals surface area contributed by atoms with Crippen molar-refractivity contribution in [2.75, 3.05) is 11.9 Å². The van der Waals surface area contributed by atoms with E-state index in [9.17, 15) is 4.79 Å². The van der Waals surface area contributed by atoms with Crippen molar-refractivity contribution in [2.45, 2.75) is 38.6 Å². The Kier molecular flexibility index (Phi) is 6.81. The summed E-state index contributed by atoms with van der Waals surface area (Å²) < 4.78 is 1.68. The van der Waals surface area contributed by atoms with Crippen molar-refractivity contribution in [1.29, 1.82) is 0 Å². The molecule has 2 aromatic rings. The fraction of sp³-hybridized carbons (Fsp3) is 0.444. The maximum Gasteiger partial charge on any atom is 0.320 e. The Hall–Kier alpha value is -2.34. The van der Waals surface area contributed by atoms with Gasteiger partial charge >= 0.3 is 6.03 Å². The highest BCUT2D eigenvalue weighted by atomic mass is 16.3. The standard InChI is InChI=1S/C18H26N4O2/c1-3-8-15-13-17(22(2)21-15)20-18(24)19-16(11-7-12-23)14-9-5-4-6-10-14/h4-6,9-10,13,16,23H,3,7-8,11-12H2,1-2H3,(H2,19,20,24). The molecule has 0 spiro atoms. The first-order chi connectivity index (χ1) is 11.6. The number of nitrogens with one attached hydrogen (secondary N) is 2. The number of urea groups is 1. The number of amides is 2. The third kappa shape index (κ3) is 5.09. The van der Waals surface area contributed by atoms with Crippen molar-refractivity contribution in [2.24, 2.45) is 7.05 Å². The van der Waals surface area contributed by atoms with Gasteiger partial charge in [0.15, 0.2) is 0 Å². The number of carbonyl (C=O) groups excluding carboxylic acids is 1. The zero-order valence-electron chi connectivity index (χ0n) is 14.3. The monoisotopic (exact) mass is 330 g/mol. The number of nitrogens with zero attached hydrogens (tertiary/aromatic N) is 2. The summed E-state index contributed by atoms with van der Waals surface area (Å²) >= 11 is 0. The van der Waals surface area contributed by atoms with Crippen LogP contribution in [0.4, 0.5) is 10.6 Å². The van der Waals surface area contributed by atoms with Crippen molar-refractivity contribution < 1.29 is 9.90 Å². The molecule has 6 nitrogen and oxygen atoms in total. The van der Waals surface area contributed by atoms with E-state index in [0.717, 1.165) is 24.1 Å². The van der Waals surface area contributed by atoms with Crippen LogP contribution in [0.15, 0.2) is 36.4 Å². The molecule has 1 atom stereocenters. The number of aliphatic hydroxyl groups excluding tert-OH is 1. The van der Waals surface area contributed by atoms with Gasteiger partial charge in [-0.3, -0.25) is 10.00 Å². The van der Waals surface area contributed by atoms with Gasteiger partial charge in [0.1, 0.15) is 5.82 Å². The van der Waals surface area contributed by atoms with Gasteiger partial charge in [-0.15, -0.1) is 0 Å². The second-order valence-electron chi connectivity index (χ2n) is 5.82. The number of hydrogen-bond acceptors (Lipinski definition) is 3. The van der Waals surface area contributed by atoms with Crippen molar-refractivity contribution in [3.63, 3.8) is 0 Å². The highest BCUT2D eigenvalue weighted by molar-refractivity contribution is 5.88. The molecule has 1 aromatic heterocycles. The summed E-state index contributed by atoms with van der Waals surface area (Å²) in [5.74, 6) is 0.671. The molecule has 0 aliphatic carbocycles. The van der Waals surface area contributed by atoms with E-state index < -0.39 is 0 Å². The second kappa shape index (κ2) is 9.08. The fourth-order valence-corrected chi connectivity index (χ4v) is 2.64. The Labute approximate surface area is 142 Å². The van der Waals surface area contributed by atoms with Crippen molar-refractivity contribution in [3.8, 4) is 0 Å². The number of carbonyl (C=O) groups is 1. The number of rotatable bonds is 8. The summed E-state index contributed by atoms with van der Waals surface area (Å²) in [4.78, 5) is 12.4. The molecule has 0 aliphatic heterocycles. The quantitative estimate of drug-likeness (QED) is 0.696. The predicted molar refractivity (Wildman–Crippen MR) is 94.9 cm³/mol. The smallest absolute Gasteiger partial charge is 0.320 e. The third-order valence-electron chi connectivity index (χ3n) is 3.84. The molecule has 0 aliphatic rings. The molecule has 2 amide bonds. The lowest BCUT2D eigenvalue weighted by molar-refractivity contribution is 0.243. The van der Waals surface area contributed by atoms with Gasteiger partial charge in [-0.05, 0) is 24.8 Å². The molecule has 2 rings (SSSR count). The number of aliphatic hydroxyl groups is 1. The summed E-state index contributed by atoms with van der Waals surface area (Å²) in [5, 5.41) is 19.3. The maximum atomic E-state index is 12.4. The van der Waals surface area contributed by atoms with E-state index in [0.29, 0.717) is 18.7 Å². The number of aromatic nitrogens is 2. The molecule has 0 saturated carbocycles. The number of aryl methyl sites for hydroxylation is 2. The minimum Gasteiger partial charge on any atom is -0.396 e. The summed E-state index contributed by atoms with van der Waals surface area (Å²) in [7, 11) is 1.81. The number of hydrogen-bond donors (Lipinski definition) is 3. The molecule has 130 valence electrons. The fourth-order valence-electron chi connectivity index (χ4n) is 2.64. The van der Waals surface area contributed by atoms with Crippen molar-refractivity contribution in [3.05, 3.63) is 47.7 Å². The molecular weight excluding hydrogens is 304 g/mol. The van der Waals surface area contributed by atoms with Gasteiger partial charge in [-0.1, -0.05) is 43.7 Å². The van der Waals surface area contributed by atoms with Crippen LogP contribution in [0.5, 0.6) is 0 Å². The maximum absolute atomic E-state index is 12.4. The number of anilines is 1. The Balaban J connectivity index is 2.02. The van der Waals surface area contributed by atoms with Crippen LogP contribution in [-0.4, -0.2) is 27.5 Å². The van der Waals surface area contributed by atoms with Crippen LogP contribution in [-0.2, 0) is 13.5 Å². The van der Waals surface area contributed by atoms with E-state index in [-0.39, 0.29) is 18.7 Å². The van der Waals surface area contributed by atoms with E-state index >= 15 is 0 Å². The first-order valence-corrected chi connectivity index (χ1v) is 8.40. The highest BCUT2D eigenvalue weighted by Crippen LogP contribution is 2.18. The van der Waals surface area contributed by atoms with E-state index in [1.165, 1.54) is 0 Å². The van der Waals surface area contributed by atoms with Gasteiger partial charge in [-0.25, -0.2) is 4.79 Å². The Morgan fingerprint density at radius 2 is 2.08 bits per heavy atom. The van der Waals surface area contributed by atoms with Gasteiger partial charge < -0.3 is 10.4 Å². The molecule has 1 unspecified atom stereocenters. The second-order valence-corrected chi connectivity index (χ2v) is 5.82. The molecule has 24 heavy (non-hydrogen) atoms. The molecular formula is C18H26N4O2. The van der Waals surface area contributed by atoms with Gasteiger partial charge in [0, 0.05) is 19.7 Å². The van der Waals surface area contributed by atoms with Gasteiger partial charge in [0.05, 0.1) is 11.7 Å². The molecule has 0 saturated heterocycles. The summed E-state index contributed by atoms with van der Waals surface area (Å²) in [6.07, 6.45) is 3.22. The van der Waals surface area contributed by atoms with Crippen LogP contribution in [0.25, 0.3) is 0 Å². The van der Waals surface area contributed by atoms with Gasteiger partial charge in [0.2, 0.25) is 0 Å². The first-order valence-electron chi connectivity index (χ1n) is 8.40. The van der Waals surface area contributed by atoms with E-state index in [2.05, 4.69) is 22.7 Å². The van der Waals surface area contributed by atoms with Gasteiger partial charge in [0.25, 0.3) is 0 Å². The van der Waals surface area contributed by atoms with Crippen molar-refractivity contribution >= 4 is 11.8 Å². The molecule has 0 radical (unpaired) electrons. The van der Waals surface area contributed by atoms with Gasteiger partial charge in [-0.2, -0.15) is 5.10 Å². The lowest BCUT2D eigenvalue weighted by atomic mass is 10.0.